The van der Waals surface area contributed by atoms with E-state index >= 15 is 0 Å². The first-order chi connectivity index (χ1) is 10.8. The minimum Gasteiger partial charge on any atom is -0.458 e. The summed E-state index contributed by atoms with van der Waals surface area (Å²) >= 11 is 0. The highest BCUT2D eigenvalue weighted by Crippen LogP contribution is 2.35. The molecule has 0 bridgehead atoms. The third-order valence-electron chi connectivity index (χ3n) is 3.86. The van der Waals surface area contributed by atoms with Gasteiger partial charge in [0, 0.05) is 18.1 Å². The molecule has 0 saturated carbocycles. The van der Waals surface area contributed by atoms with E-state index < -0.39 is 5.79 Å². The average Bonchev–Trinajstić information content (AvgIpc) is 3.15. The highest BCUT2D eigenvalue weighted by Gasteiger charge is 2.36. The van der Waals surface area contributed by atoms with E-state index in [1.165, 1.54) is 0 Å². The fraction of sp³-hybridized carbons (Fsp3) is 0.333. The molecule has 0 radical (unpaired) electrons. The number of benzene rings is 1. The van der Waals surface area contributed by atoms with Crippen LogP contribution in [0.5, 0.6) is 11.5 Å². The van der Waals surface area contributed by atoms with E-state index in [-0.39, 0.29) is 6.79 Å². The summed E-state index contributed by atoms with van der Waals surface area (Å²) in [6.45, 7) is 1.03. The van der Waals surface area contributed by atoms with Crippen molar-refractivity contribution in [1.82, 2.24) is 0 Å². The molecule has 0 amide bonds. The summed E-state index contributed by atoms with van der Waals surface area (Å²) in [4.78, 5) is 0. The molecule has 1 aromatic rings. The van der Waals surface area contributed by atoms with Gasteiger partial charge in [0.05, 0.1) is 6.61 Å². The minimum absolute atomic E-state index is 0.275. The van der Waals surface area contributed by atoms with Crippen molar-refractivity contribution in [1.29, 1.82) is 0 Å². The molecule has 22 heavy (non-hydrogen) atoms. The van der Waals surface area contributed by atoms with Gasteiger partial charge in [0.25, 0.3) is 0 Å². The predicted molar refractivity (Wildman–Crippen MR) is 80.3 cm³/mol. The quantitative estimate of drug-likeness (QED) is 0.689. The summed E-state index contributed by atoms with van der Waals surface area (Å²) in [5.41, 5.74) is 0.881. The van der Waals surface area contributed by atoms with E-state index in [1.807, 2.05) is 30.4 Å². The molecule has 4 heteroatoms. The van der Waals surface area contributed by atoms with E-state index in [1.54, 1.807) is 6.08 Å². The van der Waals surface area contributed by atoms with Crippen LogP contribution in [0, 0.1) is 11.8 Å². The lowest BCUT2D eigenvalue weighted by atomic mass is 10.1. The molecule has 3 heterocycles. The lowest BCUT2D eigenvalue weighted by Gasteiger charge is -2.31. The van der Waals surface area contributed by atoms with Crippen molar-refractivity contribution in [2.75, 3.05) is 13.4 Å². The largest absolute Gasteiger partial charge is 0.458 e. The lowest BCUT2D eigenvalue weighted by Crippen LogP contribution is -2.34. The number of ether oxygens (including phenoxy) is 4. The zero-order chi connectivity index (χ0) is 14.8. The summed E-state index contributed by atoms with van der Waals surface area (Å²) < 4.78 is 22.2. The van der Waals surface area contributed by atoms with E-state index in [9.17, 15) is 0 Å². The van der Waals surface area contributed by atoms with Gasteiger partial charge in [0.15, 0.2) is 11.5 Å². The maximum Gasteiger partial charge on any atom is 0.231 e. The van der Waals surface area contributed by atoms with Gasteiger partial charge in [-0.05, 0) is 43.2 Å². The van der Waals surface area contributed by atoms with Gasteiger partial charge in [-0.2, -0.15) is 0 Å². The van der Waals surface area contributed by atoms with Gasteiger partial charge in [-0.3, -0.25) is 0 Å². The highest BCUT2D eigenvalue weighted by atomic mass is 16.7. The Morgan fingerprint density at radius 3 is 3.00 bits per heavy atom. The van der Waals surface area contributed by atoms with Gasteiger partial charge >= 0.3 is 0 Å². The van der Waals surface area contributed by atoms with Crippen LogP contribution in [-0.2, 0) is 9.47 Å². The Bertz CT molecular complexity index is 700. The number of hydrogen-bond acceptors (Lipinski definition) is 4. The summed E-state index contributed by atoms with van der Waals surface area (Å²) in [7, 11) is 0. The molecular formula is C18H16O4. The molecule has 0 aromatic heterocycles. The smallest absolute Gasteiger partial charge is 0.231 e. The van der Waals surface area contributed by atoms with Crippen molar-refractivity contribution in [3.63, 3.8) is 0 Å². The van der Waals surface area contributed by atoms with Crippen molar-refractivity contribution in [2.45, 2.75) is 25.0 Å². The monoisotopic (exact) mass is 296 g/mol. The van der Waals surface area contributed by atoms with Crippen molar-refractivity contribution in [3.05, 3.63) is 47.7 Å². The van der Waals surface area contributed by atoms with Crippen LogP contribution >= 0.6 is 0 Å². The number of rotatable bonds is 0. The Hall–Kier alpha value is -2.38. The third kappa shape index (κ3) is 2.56. The summed E-state index contributed by atoms with van der Waals surface area (Å²) in [5.74, 6) is 7.79. The fourth-order valence-electron chi connectivity index (χ4n) is 2.72. The summed E-state index contributed by atoms with van der Waals surface area (Å²) in [5, 5.41) is 0. The van der Waals surface area contributed by atoms with Crippen LogP contribution in [0.1, 0.15) is 24.8 Å². The van der Waals surface area contributed by atoms with Gasteiger partial charge in [-0.25, -0.2) is 0 Å². The van der Waals surface area contributed by atoms with Crippen molar-refractivity contribution in [2.24, 2.45) is 0 Å². The second-order valence-corrected chi connectivity index (χ2v) is 5.44. The van der Waals surface area contributed by atoms with Crippen LogP contribution in [0.2, 0.25) is 0 Å². The Kier molecular flexibility index (Phi) is 3.28. The lowest BCUT2D eigenvalue weighted by molar-refractivity contribution is -0.191. The zero-order valence-corrected chi connectivity index (χ0v) is 12.1. The predicted octanol–water partition coefficient (Wildman–Crippen LogP) is 3.13. The number of hydrogen-bond donors (Lipinski definition) is 0. The van der Waals surface area contributed by atoms with E-state index in [4.69, 9.17) is 18.9 Å². The SMILES string of the molecule is C(#Cc1ccc2c(c1)OCO2)/C=C1\C=CC2(CCCCO2)O1. The summed E-state index contributed by atoms with van der Waals surface area (Å²) in [6, 6.07) is 5.66. The van der Waals surface area contributed by atoms with Crippen molar-refractivity contribution < 1.29 is 18.9 Å². The van der Waals surface area contributed by atoms with Gasteiger partial charge < -0.3 is 18.9 Å². The van der Waals surface area contributed by atoms with Crippen molar-refractivity contribution in [3.8, 4) is 23.3 Å². The van der Waals surface area contributed by atoms with E-state index in [0.29, 0.717) is 0 Å². The molecule has 1 fully saturated rings. The molecule has 1 saturated heterocycles. The first-order valence-electron chi connectivity index (χ1n) is 7.47. The molecule has 1 spiro atoms. The maximum atomic E-state index is 5.88. The molecule has 112 valence electrons. The van der Waals surface area contributed by atoms with Crippen LogP contribution in [-0.4, -0.2) is 19.2 Å². The standard InChI is InChI=1S/C18H16O4/c1-2-11-21-18(9-1)10-8-15(22-18)5-3-4-14-6-7-16-17(12-14)20-13-19-16/h5-8,10,12H,1-2,9,11,13H2/b15-5+. The second kappa shape index (κ2) is 5.43. The molecule has 3 aliphatic rings. The maximum absolute atomic E-state index is 5.88. The molecule has 4 rings (SSSR count). The van der Waals surface area contributed by atoms with Gasteiger partial charge in [0.2, 0.25) is 12.6 Å². The molecule has 0 N–H and O–H groups in total. The average molecular weight is 296 g/mol. The molecule has 4 nitrogen and oxygen atoms in total. The zero-order valence-electron chi connectivity index (χ0n) is 12.1. The number of fused-ring (bicyclic) bond motifs is 1. The first kappa shape index (κ1) is 13.3. The number of allylic oxidation sites excluding steroid dienone is 2. The third-order valence-corrected chi connectivity index (χ3v) is 3.86. The summed E-state index contributed by atoms with van der Waals surface area (Å²) in [6.07, 6.45) is 8.81. The van der Waals surface area contributed by atoms with Crippen LogP contribution < -0.4 is 9.47 Å². The van der Waals surface area contributed by atoms with Gasteiger partial charge in [-0.15, -0.1) is 0 Å². The molecule has 0 aliphatic carbocycles. The van der Waals surface area contributed by atoms with Crippen LogP contribution in [0.15, 0.2) is 42.2 Å². The molecule has 3 aliphatic heterocycles. The first-order valence-corrected chi connectivity index (χ1v) is 7.47. The Morgan fingerprint density at radius 2 is 2.09 bits per heavy atom. The molecular weight excluding hydrogens is 280 g/mol. The Labute approximate surface area is 129 Å². The van der Waals surface area contributed by atoms with Gasteiger partial charge in [-0.1, -0.05) is 11.8 Å². The topological polar surface area (TPSA) is 36.9 Å². The normalized spacial score (nSPS) is 26.8. The van der Waals surface area contributed by atoms with E-state index in [0.717, 1.165) is 48.7 Å². The van der Waals surface area contributed by atoms with E-state index in [2.05, 4.69) is 11.8 Å². The highest BCUT2D eigenvalue weighted by molar-refractivity contribution is 5.50. The molecule has 1 atom stereocenters. The van der Waals surface area contributed by atoms with Crippen LogP contribution in [0.25, 0.3) is 0 Å². The Morgan fingerprint density at radius 1 is 1.14 bits per heavy atom. The van der Waals surface area contributed by atoms with Crippen molar-refractivity contribution >= 4 is 0 Å². The Balaban J connectivity index is 1.46. The fourth-order valence-corrected chi connectivity index (χ4v) is 2.72. The second-order valence-electron chi connectivity index (χ2n) is 5.44. The minimum atomic E-state index is -0.551. The molecule has 1 unspecified atom stereocenters. The van der Waals surface area contributed by atoms with Crippen LogP contribution in [0.3, 0.4) is 0 Å². The van der Waals surface area contributed by atoms with Crippen LogP contribution in [0.4, 0.5) is 0 Å². The van der Waals surface area contributed by atoms with Gasteiger partial charge in [0.1, 0.15) is 5.76 Å². The molecule has 1 aromatic carbocycles.